The van der Waals surface area contributed by atoms with Crippen LogP contribution in [0.2, 0.25) is 0 Å². The number of rotatable bonds is 6. The zero-order valence-corrected chi connectivity index (χ0v) is 11.3. The highest BCUT2D eigenvalue weighted by molar-refractivity contribution is 7.98. The molecule has 1 atom stereocenters. The van der Waals surface area contributed by atoms with E-state index in [2.05, 4.69) is 5.32 Å². The Balaban J connectivity index is 2.46. The Bertz CT molecular complexity index is 434. The molecule has 0 unspecified atom stereocenters. The van der Waals surface area contributed by atoms with Crippen LogP contribution in [0, 0.1) is 6.92 Å². The van der Waals surface area contributed by atoms with Crippen molar-refractivity contribution in [3.05, 3.63) is 35.4 Å². The van der Waals surface area contributed by atoms with E-state index in [0.29, 0.717) is 5.75 Å². The van der Waals surface area contributed by atoms with Crippen molar-refractivity contribution in [3.63, 3.8) is 0 Å². The number of thioether (sulfide) groups is 1. The lowest BCUT2D eigenvalue weighted by Crippen LogP contribution is -2.41. The molecule has 1 aromatic rings. The van der Waals surface area contributed by atoms with Gasteiger partial charge in [-0.1, -0.05) is 24.3 Å². The second-order valence-corrected chi connectivity index (χ2v) is 5.06. The van der Waals surface area contributed by atoms with Gasteiger partial charge < -0.3 is 10.4 Å². The summed E-state index contributed by atoms with van der Waals surface area (Å²) < 4.78 is 0. The van der Waals surface area contributed by atoms with Crippen LogP contribution in [0.1, 0.15) is 18.1 Å². The van der Waals surface area contributed by atoms with E-state index in [9.17, 15) is 9.59 Å². The molecule has 1 rings (SSSR count). The summed E-state index contributed by atoms with van der Waals surface area (Å²) in [5.74, 6) is -0.208. The van der Waals surface area contributed by atoms with E-state index in [4.69, 9.17) is 5.11 Å². The first-order valence-corrected chi connectivity index (χ1v) is 6.78. The van der Waals surface area contributed by atoms with Gasteiger partial charge in [-0.2, -0.15) is 11.8 Å². The third-order valence-corrected chi connectivity index (χ3v) is 3.56. The lowest BCUT2D eigenvalue weighted by atomic mass is 10.1. The largest absolute Gasteiger partial charge is 0.480 e. The van der Waals surface area contributed by atoms with Gasteiger partial charge in [-0.25, -0.2) is 4.79 Å². The van der Waals surface area contributed by atoms with Crippen LogP contribution in [0.3, 0.4) is 0 Å². The molecule has 2 N–H and O–H groups in total. The minimum atomic E-state index is -0.998. The molecule has 0 spiro atoms. The molecule has 1 amide bonds. The average molecular weight is 267 g/mol. The number of carboxylic acid groups (broad SMARTS) is 1. The fraction of sp³-hybridized carbons (Fsp3) is 0.385. The Morgan fingerprint density at radius 1 is 1.39 bits per heavy atom. The molecule has 0 saturated heterocycles. The Labute approximate surface area is 111 Å². The summed E-state index contributed by atoms with van der Waals surface area (Å²) in [4.78, 5) is 21.8. The number of carbonyl (C=O) groups is 2. The highest BCUT2D eigenvalue weighted by Crippen LogP contribution is 2.16. The van der Waals surface area contributed by atoms with Crippen LogP contribution in [0.4, 0.5) is 0 Å². The van der Waals surface area contributed by atoms with Gasteiger partial charge in [0.2, 0.25) is 5.91 Å². The van der Waals surface area contributed by atoms with Gasteiger partial charge in [0.1, 0.15) is 6.04 Å². The molecule has 18 heavy (non-hydrogen) atoms. The lowest BCUT2D eigenvalue weighted by Gasteiger charge is -2.13. The van der Waals surface area contributed by atoms with Crippen molar-refractivity contribution in [2.45, 2.75) is 25.6 Å². The SMILES string of the molecule is CC(=O)N[C@@H](CSCc1ccccc1C)C(=O)O. The van der Waals surface area contributed by atoms with Gasteiger partial charge in [0.05, 0.1) is 0 Å². The first-order valence-electron chi connectivity index (χ1n) is 5.63. The average Bonchev–Trinajstić information content (AvgIpc) is 2.29. The molecular formula is C13H17NO3S. The van der Waals surface area contributed by atoms with Crippen LogP contribution >= 0.6 is 11.8 Å². The minimum absolute atomic E-state index is 0.320. The maximum atomic E-state index is 10.9. The van der Waals surface area contributed by atoms with E-state index in [-0.39, 0.29) is 5.91 Å². The quantitative estimate of drug-likeness (QED) is 0.825. The molecule has 4 nitrogen and oxygen atoms in total. The molecule has 0 aromatic heterocycles. The maximum Gasteiger partial charge on any atom is 0.327 e. The van der Waals surface area contributed by atoms with E-state index in [1.807, 2.05) is 31.2 Å². The fourth-order valence-electron chi connectivity index (χ4n) is 1.48. The van der Waals surface area contributed by atoms with Crippen molar-refractivity contribution in [2.75, 3.05) is 5.75 Å². The zero-order valence-electron chi connectivity index (χ0n) is 10.5. The molecule has 0 aliphatic carbocycles. The lowest BCUT2D eigenvalue weighted by molar-refractivity contribution is -0.140. The summed E-state index contributed by atoms with van der Waals surface area (Å²) in [5.41, 5.74) is 2.38. The summed E-state index contributed by atoms with van der Waals surface area (Å²) in [6.45, 7) is 3.35. The molecule has 0 aliphatic rings. The van der Waals surface area contributed by atoms with Gasteiger partial charge >= 0.3 is 5.97 Å². The third-order valence-electron chi connectivity index (χ3n) is 2.48. The Hall–Kier alpha value is -1.49. The maximum absolute atomic E-state index is 10.9. The van der Waals surface area contributed by atoms with Crippen LogP contribution in [0.25, 0.3) is 0 Å². The smallest absolute Gasteiger partial charge is 0.327 e. The molecular weight excluding hydrogens is 250 g/mol. The van der Waals surface area contributed by atoms with Crippen LogP contribution in [0.5, 0.6) is 0 Å². The Morgan fingerprint density at radius 2 is 2.06 bits per heavy atom. The summed E-state index contributed by atoms with van der Waals surface area (Å²) in [5, 5.41) is 11.4. The number of amides is 1. The number of benzene rings is 1. The number of carbonyl (C=O) groups excluding carboxylic acids is 1. The van der Waals surface area contributed by atoms with Gasteiger partial charge in [-0.3, -0.25) is 4.79 Å². The second-order valence-electron chi connectivity index (χ2n) is 4.03. The second kappa shape index (κ2) is 7.06. The zero-order chi connectivity index (χ0) is 13.5. The number of hydrogen-bond donors (Lipinski definition) is 2. The number of hydrogen-bond acceptors (Lipinski definition) is 3. The predicted molar refractivity (Wildman–Crippen MR) is 72.6 cm³/mol. The first-order chi connectivity index (χ1) is 8.50. The molecule has 0 fully saturated rings. The van der Waals surface area contributed by atoms with Gasteiger partial charge in [0.15, 0.2) is 0 Å². The summed E-state index contributed by atoms with van der Waals surface area (Å²) >= 11 is 1.50. The van der Waals surface area contributed by atoms with Gasteiger partial charge in [-0.15, -0.1) is 0 Å². The molecule has 0 bridgehead atoms. The van der Waals surface area contributed by atoms with Crippen LogP contribution < -0.4 is 5.32 Å². The molecule has 5 heteroatoms. The number of nitrogens with one attached hydrogen (secondary N) is 1. The van der Waals surface area contributed by atoms with Crippen molar-refractivity contribution in [1.82, 2.24) is 5.32 Å². The van der Waals surface area contributed by atoms with E-state index >= 15 is 0 Å². The van der Waals surface area contributed by atoms with Crippen LogP contribution in [0.15, 0.2) is 24.3 Å². The molecule has 0 radical (unpaired) electrons. The van der Waals surface area contributed by atoms with Crippen LogP contribution in [-0.2, 0) is 15.3 Å². The monoisotopic (exact) mass is 267 g/mol. The Kier molecular flexibility index (Phi) is 5.71. The fourth-order valence-corrected chi connectivity index (χ4v) is 2.60. The van der Waals surface area contributed by atoms with Gasteiger partial charge in [0, 0.05) is 18.4 Å². The standard InChI is InChI=1S/C13H17NO3S/c1-9-5-3-4-6-11(9)7-18-8-12(13(16)17)14-10(2)15/h3-6,12H,7-8H2,1-2H3,(H,14,15)(H,16,17)/t12-/m0/s1. The van der Waals surface area contributed by atoms with Crippen molar-refractivity contribution in [3.8, 4) is 0 Å². The van der Waals surface area contributed by atoms with Crippen molar-refractivity contribution >= 4 is 23.6 Å². The van der Waals surface area contributed by atoms with Gasteiger partial charge in [0.25, 0.3) is 0 Å². The van der Waals surface area contributed by atoms with E-state index in [1.54, 1.807) is 0 Å². The summed E-state index contributed by atoms with van der Waals surface area (Å²) in [6, 6.07) is 7.16. The third kappa shape index (κ3) is 4.79. The van der Waals surface area contributed by atoms with Crippen molar-refractivity contribution in [1.29, 1.82) is 0 Å². The number of aliphatic carboxylic acids is 1. The van der Waals surface area contributed by atoms with E-state index < -0.39 is 12.0 Å². The topological polar surface area (TPSA) is 66.4 Å². The normalized spacial score (nSPS) is 11.9. The Morgan fingerprint density at radius 3 is 2.61 bits per heavy atom. The van der Waals surface area contributed by atoms with E-state index in [1.165, 1.54) is 29.8 Å². The summed E-state index contributed by atoms with van der Waals surface area (Å²) in [7, 11) is 0. The van der Waals surface area contributed by atoms with Crippen molar-refractivity contribution < 1.29 is 14.7 Å². The summed E-state index contributed by atoms with van der Waals surface area (Å²) in [6.07, 6.45) is 0. The molecule has 98 valence electrons. The number of aryl methyl sites for hydroxylation is 1. The minimum Gasteiger partial charge on any atom is -0.480 e. The molecule has 1 aromatic carbocycles. The van der Waals surface area contributed by atoms with Gasteiger partial charge in [-0.05, 0) is 18.1 Å². The molecule has 0 heterocycles. The van der Waals surface area contributed by atoms with Crippen molar-refractivity contribution in [2.24, 2.45) is 0 Å². The highest BCUT2D eigenvalue weighted by Gasteiger charge is 2.17. The number of carboxylic acids is 1. The highest BCUT2D eigenvalue weighted by atomic mass is 32.2. The molecule has 0 aliphatic heterocycles. The predicted octanol–water partition coefficient (Wildman–Crippen LogP) is 1.82. The first kappa shape index (κ1) is 14.6. The molecule has 0 saturated carbocycles. The van der Waals surface area contributed by atoms with E-state index in [0.717, 1.165) is 5.75 Å². The van der Waals surface area contributed by atoms with Crippen LogP contribution in [-0.4, -0.2) is 28.8 Å².